The van der Waals surface area contributed by atoms with E-state index >= 15 is 0 Å². The standard InChI is InChI=1S/C19H32N4O2S/c1-20-11-15-23(16-26-18-8-6-17(24)7-9-18)19(25)21-10-5-14-22-12-3-2-4-13-22/h6-9,20,24H,2-5,10-16H2,1H3,(H,21,25). The number of urea groups is 1. The molecule has 6 nitrogen and oxygen atoms in total. The number of phenolic OH excluding ortho intramolecular Hbond substituents is 1. The molecule has 1 saturated heterocycles. The van der Waals surface area contributed by atoms with Crippen molar-refractivity contribution in [1.29, 1.82) is 0 Å². The van der Waals surface area contributed by atoms with Crippen molar-refractivity contribution in [2.24, 2.45) is 0 Å². The summed E-state index contributed by atoms with van der Waals surface area (Å²) >= 11 is 1.60. The minimum Gasteiger partial charge on any atom is -0.508 e. The van der Waals surface area contributed by atoms with Crippen LogP contribution in [0.1, 0.15) is 25.7 Å². The highest BCUT2D eigenvalue weighted by Gasteiger charge is 2.14. The van der Waals surface area contributed by atoms with Crippen molar-refractivity contribution < 1.29 is 9.90 Å². The van der Waals surface area contributed by atoms with Gasteiger partial charge in [-0.25, -0.2) is 4.79 Å². The third-order valence-corrected chi connectivity index (χ3v) is 5.57. The average Bonchev–Trinajstić information content (AvgIpc) is 2.67. The lowest BCUT2D eigenvalue weighted by atomic mass is 10.1. The van der Waals surface area contributed by atoms with Crippen LogP contribution in [0.25, 0.3) is 0 Å². The van der Waals surface area contributed by atoms with Crippen molar-refractivity contribution in [1.82, 2.24) is 20.4 Å². The van der Waals surface area contributed by atoms with Gasteiger partial charge in [-0.15, -0.1) is 11.8 Å². The van der Waals surface area contributed by atoms with Crippen LogP contribution in [0.4, 0.5) is 4.79 Å². The smallest absolute Gasteiger partial charge is 0.318 e. The molecule has 7 heteroatoms. The lowest BCUT2D eigenvalue weighted by molar-refractivity contribution is 0.203. The summed E-state index contributed by atoms with van der Waals surface area (Å²) in [5.74, 6) is 0.845. The number of piperidine rings is 1. The normalized spacial score (nSPS) is 15.0. The van der Waals surface area contributed by atoms with Gasteiger partial charge in [0, 0.05) is 24.5 Å². The zero-order valence-electron chi connectivity index (χ0n) is 15.7. The van der Waals surface area contributed by atoms with Gasteiger partial charge in [0.15, 0.2) is 0 Å². The van der Waals surface area contributed by atoms with Gasteiger partial charge < -0.3 is 25.5 Å². The van der Waals surface area contributed by atoms with Crippen LogP contribution >= 0.6 is 11.8 Å². The van der Waals surface area contributed by atoms with E-state index in [1.165, 1.54) is 32.4 Å². The topological polar surface area (TPSA) is 67.8 Å². The highest BCUT2D eigenvalue weighted by molar-refractivity contribution is 7.99. The molecule has 0 bridgehead atoms. The van der Waals surface area contributed by atoms with Crippen molar-refractivity contribution in [3.8, 4) is 5.75 Å². The summed E-state index contributed by atoms with van der Waals surface area (Å²) in [4.78, 5) is 17.9. The molecule has 26 heavy (non-hydrogen) atoms. The fourth-order valence-corrected chi connectivity index (χ4v) is 3.84. The monoisotopic (exact) mass is 380 g/mol. The summed E-state index contributed by atoms with van der Waals surface area (Å²) in [6.07, 6.45) is 4.96. The number of hydrogen-bond acceptors (Lipinski definition) is 5. The molecule has 2 amide bonds. The van der Waals surface area contributed by atoms with Crippen molar-refractivity contribution >= 4 is 17.8 Å². The van der Waals surface area contributed by atoms with Gasteiger partial charge in [0.2, 0.25) is 0 Å². The van der Waals surface area contributed by atoms with Gasteiger partial charge in [-0.2, -0.15) is 0 Å². The second-order valence-corrected chi connectivity index (χ2v) is 7.64. The van der Waals surface area contributed by atoms with Gasteiger partial charge in [0.05, 0.1) is 5.88 Å². The van der Waals surface area contributed by atoms with Crippen LogP contribution in [-0.2, 0) is 0 Å². The summed E-state index contributed by atoms with van der Waals surface area (Å²) in [5, 5.41) is 15.5. The molecule has 0 spiro atoms. The SMILES string of the molecule is CNCCN(CSc1ccc(O)cc1)C(=O)NCCCN1CCCCC1. The van der Waals surface area contributed by atoms with Crippen LogP contribution < -0.4 is 10.6 Å². The summed E-state index contributed by atoms with van der Waals surface area (Å²) < 4.78 is 0. The number of hydrogen-bond donors (Lipinski definition) is 3. The highest BCUT2D eigenvalue weighted by atomic mass is 32.2. The molecule has 0 unspecified atom stereocenters. The van der Waals surface area contributed by atoms with Gasteiger partial charge in [-0.1, -0.05) is 6.42 Å². The fraction of sp³-hybridized carbons (Fsp3) is 0.632. The van der Waals surface area contributed by atoms with Crippen LogP contribution in [0, 0.1) is 0 Å². The molecule has 2 rings (SSSR count). The van der Waals surface area contributed by atoms with E-state index in [0.717, 1.165) is 31.0 Å². The molecule has 1 fully saturated rings. The first-order chi connectivity index (χ1) is 12.7. The molecule has 0 aromatic heterocycles. The lowest BCUT2D eigenvalue weighted by Crippen LogP contribution is -2.43. The number of rotatable bonds is 10. The lowest BCUT2D eigenvalue weighted by Gasteiger charge is -2.27. The van der Waals surface area contributed by atoms with Crippen LogP contribution in [0.2, 0.25) is 0 Å². The molecule has 0 atom stereocenters. The number of aromatic hydroxyl groups is 1. The minimum atomic E-state index is -0.00910. The molecule has 0 saturated carbocycles. The third-order valence-electron chi connectivity index (χ3n) is 4.52. The zero-order chi connectivity index (χ0) is 18.6. The minimum absolute atomic E-state index is 0.00910. The first-order valence-electron chi connectivity index (χ1n) is 9.50. The van der Waals surface area contributed by atoms with Crippen LogP contribution in [0.15, 0.2) is 29.2 Å². The number of amides is 2. The number of likely N-dealkylation sites (tertiary alicyclic amines) is 1. The predicted molar refractivity (Wildman–Crippen MR) is 108 cm³/mol. The van der Waals surface area contributed by atoms with Gasteiger partial charge >= 0.3 is 6.03 Å². The first-order valence-corrected chi connectivity index (χ1v) is 10.5. The Morgan fingerprint density at radius 2 is 1.92 bits per heavy atom. The zero-order valence-corrected chi connectivity index (χ0v) is 16.6. The molecule has 1 aliphatic rings. The van der Waals surface area contributed by atoms with E-state index in [2.05, 4.69) is 15.5 Å². The van der Waals surface area contributed by atoms with Crippen molar-refractivity contribution in [2.75, 3.05) is 52.2 Å². The average molecular weight is 381 g/mol. The van der Waals surface area contributed by atoms with Crippen molar-refractivity contribution in [2.45, 2.75) is 30.6 Å². The number of thioether (sulfide) groups is 1. The predicted octanol–water partition coefficient (Wildman–Crippen LogP) is 2.55. The maximum Gasteiger partial charge on any atom is 0.318 e. The molecule has 0 aliphatic carbocycles. The summed E-state index contributed by atoms with van der Waals surface area (Å²) in [5.41, 5.74) is 0. The van der Waals surface area contributed by atoms with E-state index in [4.69, 9.17) is 0 Å². The van der Waals surface area contributed by atoms with Gasteiger partial charge in [0.25, 0.3) is 0 Å². The Balaban J connectivity index is 1.71. The summed E-state index contributed by atoms with van der Waals surface area (Å²) in [6.45, 7) is 5.61. The highest BCUT2D eigenvalue weighted by Crippen LogP contribution is 2.21. The molecule has 1 heterocycles. The van der Waals surface area contributed by atoms with E-state index < -0.39 is 0 Å². The number of nitrogens with one attached hydrogen (secondary N) is 2. The molecule has 0 radical (unpaired) electrons. The Hall–Kier alpha value is -1.44. The van der Waals surface area contributed by atoms with E-state index in [1.807, 2.05) is 24.1 Å². The number of phenols is 1. The molecule has 1 aliphatic heterocycles. The van der Waals surface area contributed by atoms with Gasteiger partial charge in [-0.05, 0) is 70.2 Å². The number of likely N-dealkylation sites (N-methyl/N-ethyl adjacent to an activating group) is 1. The van der Waals surface area contributed by atoms with E-state index in [0.29, 0.717) is 12.4 Å². The quantitative estimate of drug-likeness (QED) is 0.331. The Morgan fingerprint density at radius 1 is 1.19 bits per heavy atom. The molecular weight excluding hydrogens is 348 g/mol. The number of benzene rings is 1. The Labute approximate surface area is 161 Å². The van der Waals surface area contributed by atoms with Gasteiger partial charge in [-0.3, -0.25) is 0 Å². The second-order valence-electron chi connectivity index (χ2n) is 6.62. The molecular formula is C19H32N4O2S. The second kappa shape index (κ2) is 12.0. The number of carbonyl (C=O) groups excluding carboxylic acids is 1. The van der Waals surface area contributed by atoms with Crippen LogP contribution in [0.3, 0.4) is 0 Å². The van der Waals surface area contributed by atoms with Gasteiger partial charge in [0.1, 0.15) is 5.75 Å². The molecule has 3 N–H and O–H groups in total. The van der Waals surface area contributed by atoms with E-state index in [-0.39, 0.29) is 11.8 Å². The first kappa shape index (κ1) is 20.9. The van der Waals surface area contributed by atoms with Crippen LogP contribution in [-0.4, -0.2) is 73.1 Å². The Bertz CT molecular complexity index is 521. The molecule has 1 aromatic rings. The van der Waals surface area contributed by atoms with E-state index in [1.54, 1.807) is 23.9 Å². The maximum atomic E-state index is 12.5. The maximum absolute atomic E-state index is 12.5. The van der Waals surface area contributed by atoms with Crippen LogP contribution in [0.5, 0.6) is 5.75 Å². The number of carbonyl (C=O) groups is 1. The fourth-order valence-electron chi connectivity index (χ4n) is 2.96. The van der Waals surface area contributed by atoms with Crippen molar-refractivity contribution in [3.63, 3.8) is 0 Å². The largest absolute Gasteiger partial charge is 0.508 e. The Morgan fingerprint density at radius 3 is 2.62 bits per heavy atom. The molecule has 1 aromatic carbocycles. The molecule has 146 valence electrons. The summed E-state index contributed by atoms with van der Waals surface area (Å²) in [7, 11) is 1.89. The summed E-state index contributed by atoms with van der Waals surface area (Å²) in [6, 6.07) is 7.06. The Kier molecular flexibility index (Phi) is 9.66. The number of nitrogens with zero attached hydrogens (tertiary/aromatic N) is 2. The van der Waals surface area contributed by atoms with Crippen molar-refractivity contribution in [3.05, 3.63) is 24.3 Å². The third kappa shape index (κ3) is 7.85. The van der Waals surface area contributed by atoms with E-state index in [9.17, 15) is 9.90 Å².